The molecule has 3 aromatic rings. The van der Waals surface area contributed by atoms with Gasteiger partial charge in [-0.25, -0.2) is 0 Å². The van der Waals surface area contributed by atoms with E-state index in [1.165, 1.54) is 0 Å². The second-order valence-corrected chi connectivity index (χ2v) is 5.33. The molecule has 0 saturated heterocycles. The molecule has 6 nitrogen and oxygen atoms in total. The third-order valence-corrected chi connectivity index (χ3v) is 3.57. The average molecular weight is 298 g/mol. The van der Waals surface area contributed by atoms with Crippen molar-refractivity contribution in [1.82, 2.24) is 20.3 Å². The van der Waals surface area contributed by atoms with Gasteiger partial charge in [-0.15, -0.1) is 10.2 Å². The molecule has 22 heavy (non-hydrogen) atoms. The summed E-state index contributed by atoms with van der Waals surface area (Å²) in [6, 6.07) is 11.7. The van der Waals surface area contributed by atoms with Crippen LogP contribution in [0.25, 0.3) is 11.5 Å². The van der Waals surface area contributed by atoms with Crippen LogP contribution in [-0.4, -0.2) is 27.3 Å². The zero-order valence-corrected chi connectivity index (χ0v) is 12.9. The Morgan fingerprint density at radius 3 is 2.64 bits per heavy atom. The first-order valence-corrected chi connectivity index (χ1v) is 7.15. The molecule has 6 heteroatoms. The highest BCUT2D eigenvalue weighted by molar-refractivity contribution is 5.51. The molecule has 114 valence electrons. The van der Waals surface area contributed by atoms with Crippen LogP contribution in [-0.2, 0) is 6.54 Å². The van der Waals surface area contributed by atoms with E-state index >= 15 is 0 Å². The highest BCUT2D eigenvalue weighted by Crippen LogP contribution is 2.23. The molecule has 0 amide bonds. The van der Waals surface area contributed by atoms with E-state index in [0.29, 0.717) is 18.3 Å². The Hall–Kier alpha value is -2.47. The number of aryl methyl sites for hydroxylation is 1. The van der Waals surface area contributed by atoms with Gasteiger partial charge in [0.25, 0.3) is 0 Å². The van der Waals surface area contributed by atoms with Crippen LogP contribution >= 0.6 is 0 Å². The normalized spacial score (nSPS) is 12.7. The molecule has 0 spiro atoms. The summed E-state index contributed by atoms with van der Waals surface area (Å²) in [7, 11) is 1.99. The first kappa shape index (κ1) is 14.5. The van der Waals surface area contributed by atoms with Crippen LogP contribution in [0.2, 0.25) is 0 Å². The minimum absolute atomic E-state index is 0.0121. The predicted octanol–water partition coefficient (Wildman–Crippen LogP) is 3.23. The molecule has 0 aliphatic carbocycles. The van der Waals surface area contributed by atoms with Gasteiger partial charge in [-0.2, -0.15) is 0 Å². The molecular weight excluding hydrogens is 280 g/mol. The largest absolute Gasteiger partial charge is 0.419 e. The summed E-state index contributed by atoms with van der Waals surface area (Å²) in [5.74, 6) is 1.93. The van der Waals surface area contributed by atoms with Crippen molar-refractivity contribution in [3.8, 4) is 11.5 Å². The number of aromatic nitrogens is 3. The molecule has 0 radical (unpaired) electrons. The lowest BCUT2D eigenvalue weighted by Gasteiger charge is -2.20. The van der Waals surface area contributed by atoms with Crippen molar-refractivity contribution in [1.29, 1.82) is 0 Å². The van der Waals surface area contributed by atoms with Gasteiger partial charge in [0.1, 0.15) is 5.76 Å². The quantitative estimate of drug-likeness (QED) is 0.720. The minimum Gasteiger partial charge on any atom is -0.419 e. The van der Waals surface area contributed by atoms with E-state index < -0.39 is 0 Å². The van der Waals surface area contributed by atoms with Crippen LogP contribution in [0.5, 0.6) is 0 Å². The van der Waals surface area contributed by atoms with Crippen molar-refractivity contribution >= 4 is 0 Å². The summed E-state index contributed by atoms with van der Waals surface area (Å²) in [5, 5.41) is 12.3. The van der Waals surface area contributed by atoms with Gasteiger partial charge in [0.05, 0.1) is 11.7 Å². The number of nitrogens with zero attached hydrogens (tertiary/aromatic N) is 4. The number of rotatable bonds is 5. The monoisotopic (exact) mass is 298 g/mol. The zero-order chi connectivity index (χ0) is 15.5. The Morgan fingerprint density at radius 2 is 1.95 bits per heavy atom. The lowest BCUT2D eigenvalue weighted by Crippen LogP contribution is -2.22. The summed E-state index contributed by atoms with van der Waals surface area (Å²) in [6.07, 6.45) is 0. The van der Waals surface area contributed by atoms with Gasteiger partial charge in [-0.3, -0.25) is 4.90 Å². The first-order valence-electron chi connectivity index (χ1n) is 7.15. The van der Waals surface area contributed by atoms with Gasteiger partial charge in [0.2, 0.25) is 11.8 Å². The lowest BCUT2D eigenvalue weighted by molar-refractivity contribution is 0.212. The Kier molecular flexibility index (Phi) is 4.02. The van der Waals surface area contributed by atoms with Gasteiger partial charge < -0.3 is 8.94 Å². The maximum Gasteiger partial charge on any atom is 0.247 e. The molecule has 1 unspecified atom stereocenters. The minimum atomic E-state index is -0.0121. The van der Waals surface area contributed by atoms with Crippen molar-refractivity contribution in [2.75, 3.05) is 7.05 Å². The van der Waals surface area contributed by atoms with Crippen LogP contribution in [0.15, 0.2) is 45.3 Å². The molecule has 2 heterocycles. The first-order chi connectivity index (χ1) is 10.6. The molecule has 0 aliphatic rings. The molecule has 2 aromatic heterocycles. The summed E-state index contributed by atoms with van der Waals surface area (Å²) < 4.78 is 10.9. The van der Waals surface area contributed by atoms with Gasteiger partial charge in [0, 0.05) is 18.2 Å². The zero-order valence-electron chi connectivity index (χ0n) is 12.9. The number of hydrogen-bond donors (Lipinski definition) is 0. The molecule has 0 bridgehead atoms. The van der Waals surface area contributed by atoms with E-state index in [0.717, 1.165) is 17.0 Å². The SMILES string of the molecule is Cc1cc(CN(C)C(C)c2nnc(-c3ccccc3)o2)no1. The van der Waals surface area contributed by atoms with Crippen LogP contribution in [0.3, 0.4) is 0 Å². The average Bonchev–Trinajstić information content (AvgIpc) is 3.17. The van der Waals surface area contributed by atoms with Gasteiger partial charge in [-0.05, 0) is 33.0 Å². The summed E-state index contributed by atoms with van der Waals surface area (Å²) in [5.41, 5.74) is 1.80. The van der Waals surface area contributed by atoms with Crippen molar-refractivity contribution in [2.24, 2.45) is 0 Å². The molecule has 0 N–H and O–H groups in total. The third-order valence-electron chi connectivity index (χ3n) is 3.57. The fourth-order valence-corrected chi connectivity index (χ4v) is 2.17. The van der Waals surface area contributed by atoms with E-state index in [9.17, 15) is 0 Å². The maximum absolute atomic E-state index is 5.79. The number of hydrogen-bond acceptors (Lipinski definition) is 6. The fourth-order valence-electron chi connectivity index (χ4n) is 2.17. The lowest BCUT2D eigenvalue weighted by atomic mass is 10.2. The second kappa shape index (κ2) is 6.11. The highest BCUT2D eigenvalue weighted by atomic mass is 16.5. The molecular formula is C16H18N4O2. The van der Waals surface area contributed by atoms with Crippen LogP contribution in [0.4, 0.5) is 0 Å². The van der Waals surface area contributed by atoms with E-state index in [1.54, 1.807) is 0 Å². The number of benzene rings is 1. The summed E-state index contributed by atoms with van der Waals surface area (Å²) in [6.45, 7) is 4.56. The van der Waals surface area contributed by atoms with Crippen molar-refractivity contribution in [3.05, 3.63) is 53.7 Å². The Balaban J connectivity index is 1.72. The van der Waals surface area contributed by atoms with Crippen LogP contribution in [0, 0.1) is 6.92 Å². The van der Waals surface area contributed by atoms with E-state index in [2.05, 4.69) is 20.3 Å². The fraction of sp³-hybridized carbons (Fsp3) is 0.312. The smallest absolute Gasteiger partial charge is 0.247 e. The summed E-state index contributed by atoms with van der Waals surface area (Å²) in [4.78, 5) is 2.08. The maximum atomic E-state index is 5.79. The van der Waals surface area contributed by atoms with E-state index in [4.69, 9.17) is 8.94 Å². The molecule has 3 rings (SSSR count). The topological polar surface area (TPSA) is 68.2 Å². The van der Waals surface area contributed by atoms with Crippen molar-refractivity contribution in [3.63, 3.8) is 0 Å². The Morgan fingerprint density at radius 1 is 1.18 bits per heavy atom. The molecule has 1 atom stereocenters. The molecule has 0 fully saturated rings. The van der Waals surface area contributed by atoms with Gasteiger partial charge >= 0.3 is 0 Å². The van der Waals surface area contributed by atoms with Crippen molar-refractivity contribution < 1.29 is 8.94 Å². The summed E-state index contributed by atoms with van der Waals surface area (Å²) >= 11 is 0. The van der Waals surface area contributed by atoms with E-state index in [1.807, 2.05) is 57.3 Å². The van der Waals surface area contributed by atoms with Crippen LogP contribution in [0.1, 0.15) is 30.3 Å². The third kappa shape index (κ3) is 3.07. The van der Waals surface area contributed by atoms with Gasteiger partial charge in [-0.1, -0.05) is 23.4 Å². The highest BCUT2D eigenvalue weighted by Gasteiger charge is 2.20. The molecule has 0 saturated carbocycles. The Labute approximate surface area is 128 Å². The molecule has 1 aromatic carbocycles. The Bertz CT molecular complexity index is 735. The second-order valence-electron chi connectivity index (χ2n) is 5.33. The van der Waals surface area contributed by atoms with Gasteiger partial charge in [0.15, 0.2) is 0 Å². The van der Waals surface area contributed by atoms with Crippen molar-refractivity contribution in [2.45, 2.75) is 26.4 Å². The molecule has 0 aliphatic heterocycles. The predicted molar refractivity (Wildman–Crippen MR) is 80.9 cm³/mol. The van der Waals surface area contributed by atoms with E-state index in [-0.39, 0.29) is 6.04 Å². The van der Waals surface area contributed by atoms with Crippen LogP contribution < -0.4 is 0 Å². The standard InChI is InChI=1S/C16H18N4O2/c1-11-9-14(19-22-11)10-20(3)12(2)15-17-18-16(21-15)13-7-5-4-6-8-13/h4-9,12H,10H2,1-3H3.